The number of rotatable bonds is 13. The largest absolute Gasteiger partial charge is 0.465 e. The first-order valence-electron chi connectivity index (χ1n) is 16.1. The summed E-state index contributed by atoms with van der Waals surface area (Å²) in [6.45, 7) is 2.50. The van der Waals surface area contributed by atoms with Gasteiger partial charge >= 0.3 is 11.9 Å². The maximum Gasteiger partial charge on any atom is 0.337 e. The fraction of sp³-hybridized carbons (Fsp3) is 0.268. The summed E-state index contributed by atoms with van der Waals surface area (Å²) < 4.78 is 17.5. The molecule has 234 valence electrons. The lowest BCUT2D eigenvalue weighted by Gasteiger charge is -2.40. The topological polar surface area (TPSA) is 61.8 Å². The number of methoxy groups -OCH3 is 1. The molecule has 0 bridgehead atoms. The Balaban J connectivity index is 1.10. The van der Waals surface area contributed by atoms with Crippen LogP contribution in [0, 0.1) is 5.92 Å². The van der Waals surface area contributed by atoms with Crippen molar-refractivity contribution >= 4 is 22.7 Å². The van der Waals surface area contributed by atoms with Crippen molar-refractivity contribution in [3.63, 3.8) is 0 Å². The zero-order chi connectivity index (χ0) is 31.9. The Bertz CT molecular complexity index is 1670. The van der Waals surface area contributed by atoms with E-state index < -0.39 is 5.60 Å². The molecule has 1 aliphatic rings. The second-order valence-corrected chi connectivity index (χ2v) is 12.2. The summed E-state index contributed by atoms with van der Waals surface area (Å²) in [7, 11) is 1.40. The summed E-state index contributed by atoms with van der Waals surface area (Å²) in [6.07, 6.45) is 3.65. The highest BCUT2D eigenvalue weighted by Gasteiger charge is 2.45. The summed E-state index contributed by atoms with van der Waals surface area (Å²) in [4.78, 5) is 24.8. The van der Waals surface area contributed by atoms with Crippen molar-refractivity contribution in [2.24, 2.45) is 5.92 Å². The normalized spacial score (nSPS) is 16.8. The average molecular weight is 613 g/mol. The minimum atomic E-state index is -0.864. The van der Waals surface area contributed by atoms with Gasteiger partial charge < -0.3 is 14.2 Å². The highest BCUT2D eigenvalue weighted by molar-refractivity contribution is 5.95. The first-order chi connectivity index (χ1) is 22.5. The number of hydrogen-bond acceptors (Lipinski definition) is 5. The third-order valence-corrected chi connectivity index (χ3v) is 9.27. The Kier molecular flexibility index (Phi) is 9.60. The van der Waals surface area contributed by atoms with Crippen LogP contribution < -0.4 is 0 Å². The lowest BCUT2D eigenvalue weighted by molar-refractivity contribution is -0.194. The predicted molar refractivity (Wildman–Crippen MR) is 181 cm³/mol. The Morgan fingerprint density at radius 1 is 0.761 bits per heavy atom. The highest BCUT2D eigenvalue weighted by Crippen LogP contribution is 2.42. The number of carbonyl (C=O) groups is 2. The second kappa shape index (κ2) is 14.1. The van der Waals surface area contributed by atoms with Crippen molar-refractivity contribution in [1.82, 2.24) is 0 Å². The van der Waals surface area contributed by atoms with Gasteiger partial charge in [-0.25, -0.2) is 4.79 Å². The lowest BCUT2D eigenvalue weighted by Crippen LogP contribution is -2.49. The van der Waals surface area contributed by atoms with Crippen LogP contribution in [-0.4, -0.2) is 31.8 Å². The minimum absolute atomic E-state index is 0.153. The van der Waals surface area contributed by atoms with Crippen molar-refractivity contribution in [3.8, 4) is 0 Å². The first-order valence-corrected chi connectivity index (χ1v) is 16.1. The van der Waals surface area contributed by atoms with Crippen LogP contribution in [0.1, 0.15) is 71.1 Å². The molecular formula is C41H40O5. The Hall–Kier alpha value is -4.74. The van der Waals surface area contributed by atoms with E-state index in [2.05, 4.69) is 61.5 Å². The van der Waals surface area contributed by atoms with Crippen LogP contribution in [0.3, 0.4) is 0 Å². The van der Waals surface area contributed by atoms with E-state index in [1.165, 1.54) is 12.7 Å². The number of unbranched alkanes of at least 4 members (excludes halogenated alkanes) is 1. The van der Waals surface area contributed by atoms with Crippen LogP contribution in [0.5, 0.6) is 0 Å². The van der Waals surface area contributed by atoms with Gasteiger partial charge in [0, 0.05) is 0 Å². The maximum absolute atomic E-state index is 12.8. The van der Waals surface area contributed by atoms with E-state index in [1.807, 2.05) is 66.7 Å². The number of carbonyl (C=O) groups excluding carboxylic acids is 2. The maximum atomic E-state index is 12.8. The van der Waals surface area contributed by atoms with Crippen molar-refractivity contribution in [2.75, 3.05) is 13.7 Å². The van der Waals surface area contributed by atoms with E-state index in [9.17, 15) is 9.59 Å². The molecule has 46 heavy (non-hydrogen) atoms. The molecule has 1 aliphatic heterocycles. The van der Waals surface area contributed by atoms with E-state index in [0.29, 0.717) is 11.5 Å². The molecule has 0 radical (unpaired) electrons. The molecule has 1 fully saturated rings. The molecule has 1 heterocycles. The number of hydrogen-bond donors (Lipinski definition) is 0. The minimum Gasteiger partial charge on any atom is -0.465 e. The average Bonchev–Trinajstić information content (AvgIpc) is 3.11. The van der Waals surface area contributed by atoms with E-state index in [1.54, 1.807) is 6.07 Å². The number of benzene rings is 5. The van der Waals surface area contributed by atoms with Crippen LogP contribution in [0.25, 0.3) is 10.8 Å². The van der Waals surface area contributed by atoms with E-state index >= 15 is 0 Å². The zero-order valence-corrected chi connectivity index (χ0v) is 26.4. The van der Waals surface area contributed by atoms with Gasteiger partial charge in [0.1, 0.15) is 17.6 Å². The van der Waals surface area contributed by atoms with Crippen LogP contribution in [0.4, 0.5) is 0 Å². The Morgan fingerprint density at radius 2 is 1.35 bits per heavy atom. The third-order valence-electron chi connectivity index (χ3n) is 9.27. The molecular weight excluding hydrogens is 572 g/mol. The van der Waals surface area contributed by atoms with E-state index in [0.717, 1.165) is 53.1 Å². The van der Waals surface area contributed by atoms with Gasteiger partial charge in [0.15, 0.2) is 0 Å². The van der Waals surface area contributed by atoms with Gasteiger partial charge in [-0.1, -0.05) is 129 Å². The van der Waals surface area contributed by atoms with Crippen LogP contribution in [-0.2, 0) is 24.6 Å². The first kappa shape index (κ1) is 31.3. The standard InChI is InChI=1S/C41H40O5/c1-29(31-24-22-30-23-25-32(39(42)44-2)27-33(30)26-31)14-12-13-21-38-37(40(43)46-38)28-45-41(34-15-6-3-7-16-34,35-17-8-4-9-18-35)36-19-10-5-11-20-36/h3-11,15-20,22-27,29,37-38H,12-14,21,28H2,1-2H3/t29?,37-,38-/m1/s1. The molecule has 6 rings (SSSR count). The summed E-state index contributed by atoms with van der Waals surface area (Å²) in [5, 5.41) is 2.13. The molecule has 3 atom stereocenters. The SMILES string of the molecule is COC(=O)c1ccc2ccc(C(C)CCCC[C@H]3OC(=O)[C@@H]3COC(c3ccccc3)(c3ccccc3)c3ccccc3)cc2c1. The monoisotopic (exact) mass is 612 g/mol. The molecule has 0 spiro atoms. The van der Waals surface area contributed by atoms with Crippen molar-refractivity contribution in [1.29, 1.82) is 0 Å². The Morgan fingerprint density at radius 3 is 1.91 bits per heavy atom. The van der Waals surface area contributed by atoms with Crippen molar-refractivity contribution < 1.29 is 23.8 Å². The van der Waals surface area contributed by atoms with Crippen LogP contribution >= 0.6 is 0 Å². The van der Waals surface area contributed by atoms with Crippen LogP contribution in [0.15, 0.2) is 127 Å². The quantitative estimate of drug-likeness (QED) is 0.0755. The molecule has 0 aromatic heterocycles. The molecule has 5 nitrogen and oxygen atoms in total. The van der Waals surface area contributed by atoms with Gasteiger partial charge in [-0.2, -0.15) is 0 Å². The molecule has 1 unspecified atom stereocenters. The fourth-order valence-electron chi connectivity index (χ4n) is 6.60. The van der Waals surface area contributed by atoms with Gasteiger partial charge in [-0.05, 0) is 70.3 Å². The van der Waals surface area contributed by atoms with Gasteiger partial charge in [-0.15, -0.1) is 0 Å². The molecule has 5 aromatic rings. The van der Waals surface area contributed by atoms with Gasteiger partial charge in [-0.3, -0.25) is 4.79 Å². The third kappa shape index (κ3) is 6.47. The lowest BCUT2D eigenvalue weighted by atomic mass is 9.79. The number of fused-ring (bicyclic) bond motifs is 1. The van der Waals surface area contributed by atoms with Crippen molar-refractivity contribution in [2.45, 2.75) is 50.2 Å². The molecule has 5 aromatic carbocycles. The molecule has 0 saturated carbocycles. The molecule has 0 aliphatic carbocycles. The molecule has 1 saturated heterocycles. The van der Waals surface area contributed by atoms with Crippen LogP contribution in [0.2, 0.25) is 0 Å². The Labute approximate surface area is 271 Å². The summed E-state index contributed by atoms with van der Waals surface area (Å²) in [6, 6.07) is 42.8. The molecule has 0 N–H and O–H groups in total. The number of cyclic esters (lactones) is 1. The summed E-state index contributed by atoms with van der Waals surface area (Å²) >= 11 is 0. The van der Waals surface area contributed by atoms with Crippen molar-refractivity contribution in [3.05, 3.63) is 155 Å². The van der Waals surface area contributed by atoms with E-state index in [4.69, 9.17) is 14.2 Å². The summed E-state index contributed by atoms with van der Waals surface area (Å²) in [5.41, 5.74) is 3.98. The van der Waals surface area contributed by atoms with E-state index in [-0.39, 0.29) is 30.6 Å². The number of ether oxygens (including phenoxy) is 3. The number of esters is 2. The van der Waals surface area contributed by atoms with Gasteiger partial charge in [0.2, 0.25) is 0 Å². The predicted octanol–water partition coefficient (Wildman–Crippen LogP) is 8.84. The van der Waals surface area contributed by atoms with Gasteiger partial charge in [0.25, 0.3) is 0 Å². The molecule has 5 heteroatoms. The van der Waals surface area contributed by atoms with Gasteiger partial charge in [0.05, 0.1) is 19.3 Å². The highest BCUT2D eigenvalue weighted by atomic mass is 16.6. The summed E-state index contributed by atoms with van der Waals surface area (Å²) in [5.74, 6) is -0.467. The second-order valence-electron chi connectivity index (χ2n) is 12.2. The fourth-order valence-corrected chi connectivity index (χ4v) is 6.60. The zero-order valence-electron chi connectivity index (χ0n) is 26.4. The smallest absolute Gasteiger partial charge is 0.337 e. The molecule has 0 amide bonds.